The van der Waals surface area contributed by atoms with Crippen LogP contribution in [0.5, 0.6) is 0 Å². The van der Waals surface area contributed by atoms with Crippen molar-refractivity contribution in [3.63, 3.8) is 0 Å². The number of carbonyl (C=O) groups is 1. The Balaban J connectivity index is 1.47. The van der Waals surface area contributed by atoms with Crippen molar-refractivity contribution in [2.24, 2.45) is 7.05 Å². The molecule has 1 aromatic carbocycles. The van der Waals surface area contributed by atoms with Crippen LogP contribution in [0.15, 0.2) is 24.3 Å². The minimum atomic E-state index is 0.245. The summed E-state index contributed by atoms with van der Waals surface area (Å²) in [6.45, 7) is 8.37. The molecule has 0 bridgehead atoms. The third-order valence-electron chi connectivity index (χ3n) is 5.27. The lowest BCUT2D eigenvalue weighted by Gasteiger charge is -2.35. The van der Waals surface area contributed by atoms with E-state index >= 15 is 0 Å². The Morgan fingerprint density at radius 3 is 2.54 bits per heavy atom. The summed E-state index contributed by atoms with van der Waals surface area (Å²) in [4.78, 5) is 16.9. The molecule has 0 saturated carbocycles. The molecule has 0 radical (unpaired) electrons. The summed E-state index contributed by atoms with van der Waals surface area (Å²) < 4.78 is 1.89. The van der Waals surface area contributed by atoms with Crippen LogP contribution < -0.4 is 0 Å². The highest BCUT2D eigenvalue weighted by Gasteiger charge is 2.21. The highest BCUT2D eigenvalue weighted by Crippen LogP contribution is 2.17. The smallest absolute Gasteiger partial charge is 0.222 e. The van der Waals surface area contributed by atoms with E-state index in [1.165, 1.54) is 11.1 Å². The zero-order valence-electron chi connectivity index (χ0n) is 15.8. The first-order chi connectivity index (χ1) is 12.4. The molecular formula is C20H27ClN4O. The lowest BCUT2D eigenvalue weighted by molar-refractivity contribution is -0.133. The van der Waals surface area contributed by atoms with Gasteiger partial charge < -0.3 is 4.90 Å². The van der Waals surface area contributed by atoms with E-state index in [0.717, 1.165) is 55.6 Å². The fourth-order valence-corrected chi connectivity index (χ4v) is 3.83. The minimum Gasteiger partial charge on any atom is -0.340 e. The van der Waals surface area contributed by atoms with Crippen molar-refractivity contribution in [3.8, 4) is 0 Å². The number of hydrogen-bond acceptors (Lipinski definition) is 3. The lowest BCUT2D eigenvalue weighted by atomic mass is 10.1. The van der Waals surface area contributed by atoms with Gasteiger partial charge in [-0.05, 0) is 43.5 Å². The first kappa shape index (κ1) is 18.9. The molecule has 1 aliphatic heterocycles. The number of piperazine rings is 1. The van der Waals surface area contributed by atoms with Gasteiger partial charge in [-0.2, -0.15) is 5.10 Å². The second kappa shape index (κ2) is 8.23. The zero-order valence-corrected chi connectivity index (χ0v) is 16.6. The largest absolute Gasteiger partial charge is 0.340 e. The van der Waals surface area contributed by atoms with Crippen molar-refractivity contribution in [1.29, 1.82) is 0 Å². The summed E-state index contributed by atoms with van der Waals surface area (Å²) in [7, 11) is 1.95. The maximum absolute atomic E-state index is 12.6. The van der Waals surface area contributed by atoms with Gasteiger partial charge in [-0.1, -0.05) is 23.7 Å². The molecule has 3 rings (SSSR count). The molecule has 0 atom stereocenters. The predicted octanol–water partition coefficient (Wildman–Crippen LogP) is 2.97. The highest BCUT2D eigenvalue weighted by molar-refractivity contribution is 6.30. The van der Waals surface area contributed by atoms with Gasteiger partial charge in [0, 0.05) is 56.9 Å². The summed E-state index contributed by atoms with van der Waals surface area (Å²) in [6.07, 6.45) is 1.33. The van der Waals surface area contributed by atoms with Crippen molar-refractivity contribution in [2.45, 2.75) is 33.2 Å². The fraction of sp³-hybridized carbons (Fsp3) is 0.500. The molecule has 0 aliphatic carbocycles. The second-order valence-corrected chi connectivity index (χ2v) is 7.50. The number of aryl methyl sites for hydroxylation is 2. The Hall–Kier alpha value is -1.85. The van der Waals surface area contributed by atoms with Gasteiger partial charge >= 0.3 is 0 Å². The summed E-state index contributed by atoms with van der Waals surface area (Å²) in [5.41, 5.74) is 4.62. The summed E-state index contributed by atoms with van der Waals surface area (Å²) in [5.74, 6) is 0.245. The molecule has 1 aromatic heterocycles. The van der Waals surface area contributed by atoms with Gasteiger partial charge in [-0.25, -0.2) is 0 Å². The predicted molar refractivity (Wildman–Crippen MR) is 104 cm³/mol. The molecule has 140 valence electrons. The van der Waals surface area contributed by atoms with Gasteiger partial charge in [0.2, 0.25) is 5.91 Å². The molecule has 2 aromatic rings. The van der Waals surface area contributed by atoms with E-state index < -0.39 is 0 Å². The number of carbonyl (C=O) groups excluding carboxylic acids is 1. The standard InChI is InChI=1S/C20H27ClN4O/c1-15-19(16(2)23(3)22-15)7-8-20(26)25-11-9-24(10-12-25)14-17-5-4-6-18(21)13-17/h4-6,13H,7-12,14H2,1-3H3. The molecule has 1 aliphatic rings. The molecule has 0 spiro atoms. The fourth-order valence-electron chi connectivity index (χ4n) is 3.62. The van der Waals surface area contributed by atoms with Crippen LogP contribution >= 0.6 is 11.6 Å². The van der Waals surface area contributed by atoms with E-state index in [0.29, 0.717) is 6.42 Å². The van der Waals surface area contributed by atoms with Crippen LogP contribution in [0.3, 0.4) is 0 Å². The molecule has 0 N–H and O–H groups in total. The van der Waals surface area contributed by atoms with E-state index in [-0.39, 0.29) is 5.91 Å². The van der Waals surface area contributed by atoms with Crippen LogP contribution in [-0.4, -0.2) is 51.7 Å². The summed E-state index contributed by atoms with van der Waals surface area (Å²) >= 11 is 6.06. The normalized spacial score (nSPS) is 15.5. The van der Waals surface area contributed by atoms with Crippen LogP contribution in [-0.2, 0) is 24.8 Å². The van der Waals surface area contributed by atoms with Gasteiger partial charge in [0.15, 0.2) is 0 Å². The van der Waals surface area contributed by atoms with Crippen LogP contribution in [0.1, 0.15) is 28.9 Å². The monoisotopic (exact) mass is 374 g/mol. The topological polar surface area (TPSA) is 41.4 Å². The maximum Gasteiger partial charge on any atom is 0.222 e. The third kappa shape index (κ3) is 4.46. The van der Waals surface area contributed by atoms with E-state index in [9.17, 15) is 4.79 Å². The minimum absolute atomic E-state index is 0.245. The molecule has 6 heteroatoms. The maximum atomic E-state index is 12.6. The number of nitrogens with zero attached hydrogens (tertiary/aromatic N) is 4. The zero-order chi connectivity index (χ0) is 18.7. The number of aromatic nitrogens is 2. The first-order valence-electron chi connectivity index (χ1n) is 9.17. The highest BCUT2D eigenvalue weighted by atomic mass is 35.5. The molecule has 0 unspecified atom stereocenters. The van der Waals surface area contributed by atoms with E-state index in [1.807, 2.05) is 41.8 Å². The molecule has 1 amide bonds. The van der Waals surface area contributed by atoms with Gasteiger partial charge in [-0.3, -0.25) is 14.4 Å². The van der Waals surface area contributed by atoms with Crippen LogP contribution in [0.25, 0.3) is 0 Å². The van der Waals surface area contributed by atoms with Crippen molar-refractivity contribution in [2.75, 3.05) is 26.2 Å². The number of amides is 1. The molecule has 2 heterocycles. The van der Waals surface area contributed by atoms with Crippen molar-refractivity contribution in [1.82, 2.24) is 19.6 Å². The Morgan fingerprint density at radius 2 is 1.92 bits per heavy atom. The van der Waals surface area contributed by atoms with Crippen LogP contribution in [0.4, 0.5) is 0 Å². The van der Waals surface area contributed by atoms with Crippen molar-refractivity contribution >= 4 is 17.5 Å². The number of rotatable bonds is 5. The summed E-state index contributed by atoms with van der Waals surface area (Å²) in [6, 6.07) is 7.99. The number of benzene rings is 1. The number of halogens is 1. The van der Waals surface area contributed by atoms with Gasteiger partial charge in [-0.15, -0.1) is 0 Å². The second-order valence-electron chi connectivity index (χ2n) is 7.06. The Kier molecular flexibility index (Phi) is 5.99. The van der Waals surface area contributed by atoms with Gasteiger partial charge in [0.25, 0.3) is 0 Å². The van der Waals surface area contributed by atoms with E-state index in [1.54, 1.807) is 0 Å². The van der Waals surface area contributed by atoms with Crippen LogP contribution in [0, 0.1) is 13.8 Å². The quantitative estimate of drug-likeness (QED) is 0.807. The molecule has 1 saturated heterocycles. The molecule has 5 nitrogen and oxygen atoms in total. The molecular weight excluding hydrogens is 348 g/mol. The van der Waals surface area contributed by atoms with Crippen molar-refractivity contribution in [3.05, 3.63) is 51.8 Å². The van der Waals surface area contributed by atoms with E-state index in [2.05, 4.69) is 23.0 Å². The average Bonchev–Trinajstić information content (AvgIpc) is 2.85. The van der Waals surface area contributed by atoms with Gasteiger partial charge in [0.1, 0.15) is 0 Å². The Morgan fingerprint density at radius 1 is 1.19 bits per heavy atom. The third-order valence-corrected chi connectivity index (χ3v) is 5.50. The molecule has 1 fully saturated rings. The SMILES string of the molecule is Cc1nn(C)c(C)c1CCC(=O)N1CCN(Cc2cccc(Cl)c2)CC1. The lowest BCUT2D eigenvalue weighted by Crippen LogP contribution is -2.48. The number of hydrogen-bond donors (Lipinski definition) is 0. The first-order valence-corrected chi connectivity index (χ1v) is 9.55. The average molecular weight is 375 g/mol. The Labute approximate surface area is 160 Å². The van der Waals surface area contributed by atoms with E-state index in [4.69, 9.17) is 11.6 Å². The Bertz CT molecular complexity index is 778. The van der Waals surface area contributed by atoms with Crippen molar-refractivity contribution < 1.29 is 4.79 Å². The van der Waals surface area contributed by atoms with Crippen LogP contribution in [0.2, 0.25) is 5.02 Å². The van der Waals surface area contributed by atoms with Gasteiger partial charge in [0.05, 0.1) is 5.69 Å². The molecule has 26 heavy (non-hydrogen) atoms. The summed E-state index contributed by atoms with van der Waals surface area (Å²) in [5, 5.41) is 5.21.